The summed E-state index contributed by atoms with van der Waals surface area (Å²) in [6, 6.07) is 10.4. The highest BCUT2D eigenvalue weighted by molar-refractivity contribution is 6.17. The summed E-state index contributed by atoms with van der Waals surface area (Å²) in [6.07, 6.45) is 3.10. The molecule has 0 aliphatic carbocycles. The fraction of sp³-hybridized carbons (Fsp3) is 0.444. The Morgan fingerprint density at radius 1 is 1.00 bits per heavy atom. The fourth-order valence-corrected chi connectivity index (χ4v) is 2.37. The van der Waals surface area contributed by atoms with E-state index in [0.717, 1.165) is 37.4 Å². The van der Waals surface area contributed by atoms with Gasteiger partial charge in [0.1, 0.15) is 11.5 Å². The van der Waals surface area contributed by atoms with Gasteiger partial charge < -0.3 is 9.47 Å². The van der Waals surface area contributed by atoms with E-state index in [1.54, 1.807) is 0 Å². The molecular formula is C18H23ClO2. The first-order chi connectivity index (χ1) is 10.3. The summed E-state index contributed by atoms with van der Waals surface area (Å²) in [6.45, 7) is 5.70. The number of alkyl halides is 1. The van der Waals surface area contributed by atoms with Crippen LogP contribution in [0.4, 0.5) is 0 Å². The minimum Gasteiger partial charge on any atom is -0.494 e. The molecule has 0 saturated carbocycles. The summed E-state index contributed by atoms with van der Waals surface area (Å²) in [4.78, 5) is 0. The lowest BCUT2D eigenvalue weighted by atomic mass is 10.0. The van der Waals surface area contributed by atoms with Crippen LogP contribution in [-0.2, 0) is 0 Å². The van der Waals surface area contributed by atoms with Gasteiger partial charge in [-0.3, -0.25) is 0 Å². The molecule has 0 saturated heterocycles. The maximum atomic E-state index is 5.78. The van der Waals surface area contributed by atoms with Gasteiger partial charge in [0.2, 0.25) is 0 Å². The third-order valence-corrected chi connectivity index (χ3v) is 3.78. The molecule has 0 aromatic heterocycles. The van der Waals surface area contributed by atoms with E-state index < -0.39 is 0 Å². The molecule has 0 aliphatic rings. The number of benzene rings is 2. The third kappa shape index (κ3) is 4.28. The summed E-state index contributed by atoms with van der Waals surface area (Å²) in [5, 5.41) is 2.40. The second-order valence-corrected chi connectivity index (χ2v) is 5.54. The molecular weight excluding hydrogens is 284 g/mol. The van der Waals surface area contributed by atoms with Crippen molar-refractivity contribution in [3.05, 3.63) is 35.9 Å². The van der Waals surface area contributed by atoms with E-state index in [9.17, 15) is 0 Å². The molecule has 0 bridgehead atoms. The van der Waals surface area contributed by atoms with Gasteiger partial charge in [-0.15, -0.1) is 11.6 Å². The summed E-state index contributed by atoms with van der Waals surface area (Å²) in [5.41, 5.74) is 1.17. The molecule has 0 atom stereocenters. The average molecular weight is 307 g/mol. The molecule has 0 amide bonds. The van der Waals surface area contributed by atoms with Crippen LogP contribution in [0.25, 0.3) is 10.8 Å². The van der Waals surface area contributed by atoms with Gasteiger partial charge >= 0.3 is 0 Å². The number of unbranched alkanes of at least 4 members (excludes halogenated alkanes) is 1. The second kappa shape index (κ2) is 8.14. The van der Waals surface area contributed by atoms with Crippen LogP contribution >= 0.6 is 11.6 Å². The first-order valence-corrected chi connectivity index (χ1v) is 8.14. The van der Waals surface area contributed by atoms with Crippen molar-refractivity contribution in [2.45, 2.75) is 33.1 Å². The van der Waals surface area contributed by atoms with Crippen LogP contribution in [0.15, 0.2) is 30.3 Å². The highest BCUT2D eigenvalue weighted by Crippen LogP contribution is 2.30. The van der Waals surface area contributed by atoms with Crippen molar-refractivity contribution in [3.63, 3.8) is 0 Å². The van der Waals surface area contributed by atoms with Gasteiger partial charge in [-0.2, -0.15) is 0 Å². The average Bonchev–Trinajstić information content (AvgIpc) is 2.50. The summed E-state index contributed by atoms with van der Waals surface area (Å²) < 4.78 is 11.5. The molecule has 0 N–H and O–H groups in total. The topological polar surface area (TPSA) is 18.5 Å². The molecule has 2 rings (SSSR count). The van der Waals surface area contributed by atoms with Gasteiger partial charge in [-0.1, -0.05) is 25.5 Å². The largest absolute Gasteiger partial charge is 0.494 e. The van der Waals surface area contributed by atoms with Crippen molar-refractivity contribution in [2.75, 3.05) is 19.1 Å². The smallest absolute Gasteiger partial charge is 0.122 e. The quantitative estimate of drug-likeness (QED) is 0.484. The van der Waals surface area contributed by atoms with E-state index in [4.69, 9.17) is 21.1 Å². The highest BCUT2D eigenvalue weighted by atomic mass is 35.5. The first kappa shape index (κ1) is 16.0. The van der Waals surface area contributed by atoms with Gasteiger partial charge in [0.15, 0.2) is 0 Å². The van der Waals surface area contributed by atoms with Gasteiger partial charge in [-0.25, -0.2) is 0 Å². The molecule has 2 aromatic carbocycles. The van der Waals surface area contributed by atoms with Crippen LogP contribution < -0.4 is 9.47 Å². The minimum atomic E-state index is 0.630. The monoisotopic (exact) mass is 306 g/mol. The maximum absolute atomic E-state index is 5.78. The lowest BCUT2D eigenvalue weighted by molar-refractivity contribution is 0.309. The molecule has 0 heterocycles. The Bertz CT molecular complexity index is 581. The minimum absolute atomic E-state index is 0.630. The van der Waals surface area contributed by atoms with E-state index >= 15 is 0 Å². The van der Waals surface area contributed by atoms with Crippen LogP contribution in [0.5, 0.6) is 11.5 Å². The third-order valence-electron chi connectivity index (χ3n) is 3.51. The molecule has 0 unspecified atom stereocenters. The first-order valence-electron chi connectivity index (χ1n) is 7.61. The number of hydrogen-bond acceptors (Lipinski definition) is 2. The van der Waals surface area contributed by atoms with Crippen molar-refractivity contribution in [2.24, 2.45) is 0 Å². The molecule has 21 heavy (non-hydrogen) atoms. The number of fused-ring (bicyclic) bond motifs is 1. The van der Waals surface area contributed by atoms with Crippen LogP contribution in [0, 0.1) is 6.92 Å². The summed E-state index contributed by atoms with van der Waals surface area (Å²) in [5.74, 6) is 2.50. The number of hydrogen-bond donors (Lipinski definition) is 0. The number of rotatable bonds is 8. The SMILES string of the molecule is CCCCOc1ccc2c(C)c(OCCCCl)ccc2c1. The maximum Gasteiger partial charge on any atom is 0.122 e. The van der Waals surface area contributed by atoms with Gasteiger partial charge in [-0.05, 0) is 54.3 Å². The molecule has 0 spiro atoms. The van der Waals surface area contributed by atoms with Crippen molar-refractivity contribution in [1.29, 1.82) is 0 Å². The van der Waals surface area contributed by atoms with Crippen LogP contribution in [0.3, 0.4) is 0 Å². The Morgan fingerprint density at radius 3 is 2.57 bits per heavy atom. The standard InChI is InChI=1S/C18H23ClO2/c1-3-4-11-20-16-7-8-17-14(2)18(21-12-5-10-19)9-6-15(17)13-16/h6-9,13H,3-5,10-12H2,1-2H3. The number of ether oxygens (including phenoxy) is 2. The van der Waals surface area contributed by atoms with Crippen LogP contribution in [0.1, 0.15) is 31.7 Å². The predicted octanol–water partition coefficient (Wildman–Crippen LogP) is 5.33. The van der Waals surface area contributed by atoms with Crippen molar-refractivity contribution in [1.82, 2.24) is 0 Å². The van der Waals surface area contributed by atoms with Crippen LogP contribution in [0.2, 0.25) is 0 Å². The highest BCUT2D eigenvalue weighted by Gasteiger charge is 2.06. The van der Waals surface area contributed by atoms with Gasteiger partial charge in [0, 0.05) is 5.88 Å². The lowest BCUT2D eigenvalue weighted by Gasteiger charge is -2.12. The lowest BCUT2D eigenvalue weighted by Crippen LogP contribution is -2.00. The second-order valence-electron chi connectivity index (χ2n) is 5.16. The van der Waals surface area contributed by atoms with E-state index in [0.29, 0.717) is 12.5 Å². The normalized spacial score (nSPS) is 10.8. The Kier molecular flexibility index (Phi) is 6.19. The van der Waals surface area contributed by atoms with Crippen molar-refractivity contribution < 1.29 is 9.47 Å². The summed E-state index contributed by atoms with van der Waals surface area (Å²) in [7, 11) is 0. The molecule has 0 fully saturated rings. The fourth-order valence-electron chi connectivity index (χ4n) is 2.26. The van der Waals surface area contributed by atoms with Crippen molar-refractivity contribution in [3.8, 4) is 11.5 Å². The van der Waals surface area contributed by atoms with E-state index in [2.05, 4.69) is 32.0 Å². The zero-order chi connectivity index (χ0) is 15.1. The van der Waals surface area contributed by atoms with E-state index in [1.165, 1.54) is 16.3 Å². The molecule has 2 aromatic rings. The van der Waals surface area contributed by atoms with Gasteiger partial charge in [0.25, 0.3) is 0 Å². The molecule has 3 heteroatoms. The predicted molar refractivity (Wildman–Crippen MR) is 89.9 cm³/mol. The van der Waals surface area contributed by atoms with Crippen LogP contribution in [-0.4, -0.2) is 19.1 Å². The molecule has 0 aliphatic heterocycles. The Morgan fingerprint density at radius 2 is 1.81 bits per heavy atom. The zero-order valence-corrected chi connectivity index (χ0v) is 13.6. The zero-order valence-electron chi connectivity index (χ0n) is 12.8. The van der Waals surface area contributed by atoms with Gasteiger partial charge in [0.05, 0.1) is 13.2 Å². The Balaban J connectivity index is 2.15. The van der Waals surface area contributed by atoms with Crippen molar-refractivity contribution >= 4 is 22.4 Å². The number of halogens is 1. The summed E-state index contributed by atoms with van der Waals surface area (Å²) >= 11 is 5.68. The molecule has 2 nitrogen and oxygen atoms in total. The molecule has 0 radical (unpaired) electrons. The van der Waals surface area contributed by atoms with E-state index in [-0.39, 0.29) is 0 Å². The van der Waals surface area contributed by atoms with E-state index in [1.807, 2.05) is 12.1 Å². The Labute approximate surface area is 132 Å². The number of aryl methyl sites for hydroxylation is 1. The Hall–Kier alpha value is -1.41. The molecule has 114 valence electrons.